The van der Waals surface area contributed by atoms with Crippen molar-refractivity contribution >= 4 is 28.1 Å². The lowest BCUT2D eigenvalue weighted by molar-refractivity contribution is -0.384. The van der Waals surface area contributed by atoms with E-state index >= 15 is 0 Å². The van der Waals surface area contributed by atoms with Crippen LogP contribution in [0, 0.1) is 16.0 Å². The van der Waals surface area contributed by atoms with Gasteiger partial charge in [0.2, 0.25) is 0 Å². The first-order chi connectivity index (χ1) is 12.1. The minimum Gasteiger partial charge on any atom is -0.466 e. The number of rotatable bonds is 5. The summed E-state index contributed by atoms with van der Waals surface area (Å²) in [6.45, 7) is 3.74. The van der Waals surface area contributed by atoms with Gasteiger partial charge in [-0.3, -0.25) is 14.9 Å². The first-order valence-corrected chi connectivity index (χ1v) is 9.02. The highest BCUT2D eigenvalue weighted by atomic mass is 32.1. The van der Waals surface area contributed by atoms with Crippen LogP contribution >= 0.6 is 11.3 Å². The van der Waals surface area contributed by atoms with Gasteiger partial charge in [-0.25, -0.2) is 4.98 Å². The molecule has 1 aromatic heterocycles. The predicted octanol–water partition coefficient (Wildman–Crippen LogP) is 3.50. The summed E-state index contributed by atoms with van der Waals surface area (Å²) >= 11 is 1.51. The molecule has 0 unspecified atom stereocenters. The molecule has 7 nitrogen and oxygen atoms in total. The number of hydrogen-bond acceptors (Lipinski definition) is 7. The molecule has 0 spiro atoms. The molecule has 25 heavy (non-hydrogen) atoms. The fourth-order valence-electron chi connectivity index (χ4n) is 2.88. The number of benzene rings is 1. The zero-order valence-electron chi connectivity index (χ0n) is 13.9. The van der Waals surface area contributed by atoms with Gasteiger partial charge in [-0.2, -0.15) is 0 Å². The first-order valence-electron chi connectivity index (χ1n) is 8.20. The third kappa shape index (κ3) is 3.96. The van der Waals surface area contributed by atoms with Gasteiger partial charge in [-0.05, 0) is 19.8 Å². The molecule has 1 aromatic carbocycles. The van der Waals surface area contributed by atoms with Crippen LogP contribution in [0.4, 0.5) is 10.8 Å². The lowest BCUT2D eigenvalue weighted by Crippen LogP contribution is -2.36. The van der Waals surface area contributed by atoms with Crippen LogP contribution in [-0.2, 0) is 9.53 Å². The number of thiazole rings is 1. The minimum atomic E-state index is -0.397. The Hall–Kier alpha value is -2.48. The molecule has 0 N–H and O–H groups in total. The van der Waals surface area contributed by atoms with E-state index in [9.17, 15) is 14.9 Å². The molecule has 1 aliphatic rings. The molecule has 2 heterocycles. The summed E-state index contributed by atoms with van der Waals surface area (Å²) in [5, 5.41) is 11.8. The highest BCUT2D eigenvalue weighted by Gasteiger charge is 2.27. The number of nitro groups is 1. The van der Waals surface area contributed by atoms with E-state index < -0.39 is 4.92 Å². The fraction of sp³-hybridized carbons (Fsp3) is 0.412. The third-order valence-electron chi connectivity index (χ3n) is 4.22. The van der Waals surface area contributed by atoms with Crippen LogP contribution < -0.4 is 4.90 Å². The van der Waals surface area contributed by atoms with Crippen LogP contribution in [0.25, 0.3) is 10.4 Å². The summed E-state index contributed by atoms with van der Waals surface area (Å²) in [5.41, 5.74) is 0.863. The fourth-order valence-corrected chi connectivity index (χ4v) is 3.85. The van der Waals surface area contributed by atoms with E-state index in [1.54, 1.807) is 18.3 Å². The van der Waals surface area contributed by atoms with Gasteiger partial charge in [0, 0.05) is 37.0 Å². The van der Waals surface area contributed by atoms with E-state index in [0.29, 0.717) is 6.61 Å². The summed E-state index contributed by atoms with van der Waals surface area (Å²) < 4.78 is 5.09. The number of nitro benzene ring substituents is 1. The topological polar surface area (TPSA) is 85.6 Å². The van der Waals surface area contributed by atoms with Crippen molar-refractivity contribution in [3.63, 3.8) is 0 Å². The van der Waals surface area contributed by atoms with Gasteiger partial charge in [0.25, 0.3) is 5.69 Å². The zero-order chi connectivity index (χ0) is 17.8. The molecular formula is C17H19N3O4S. The second-order valence-corrected chi connectivity index (χ2v) is 6.84. The Bertz CT molecular complexity index is 769. The number of carbonyl (C=O) groups excluding carboxylic acids is 1. The average Bonchev–Trinajstić information content (AvgIpc) is 3.12. The summed E-state index contributed by atoms with van der Waals surface area (Å²) in [6, 6.07) is 6.56. The summed E-state index contributed by atoms with van der Waals surface area (Å²) in [4.78, 5) is 29.8. The van der Waals surface area contributed by atoms with Gasteiger partial charge in [-0.15, -0.1) is 0 Å². The molecule has 0 saturated carbocycles. The van der Waals surface area contributed by atoms with E-state index in [4.69, 9.17) is 4.74 Å². The maximum absolute atomic E-state index is 11.8. The van der Waals surface area contributed by atoms with Crippen molar-refractivity contribution in [3.8, 4) is 10.4 Å². The number of non-ortho nitro benzene ring substituents is 1. The number of aromatic nitrogens is 1. The summed E-state index contributed by atoms with van der Waals surface area (Å²) in [7, 11) is 0. The largest absolute Gasteiger partial charge is 0.466 e. The van der Waals surface area contributed by atoms with Crippen LogP contribution in [0.15, 0.2) is 30.5 Å². The molecule has 8 heteroatoms. The van der Waals surface area contributed by atoms with Crippen molar-refractivity contribution in [2.24, 2.45) is 5.92 Å². The normalized spacial score (nSPS) is 15.2. The Morgan fingerprint density at radius 3 is 2.88 bits per heavy atom. The van der Waals surface area contributed by atoms with Crippen molar-refractivity contribution in [3.05, 3.63) is 40.6 Å². The summed E-state index contributed by atoms with van der Waals surface area (Å²) in [5.74, 6) is -0.147. The van der Waals surface area contributed by atoms with Crippen molar-refractivity contribution in [2.75, 3.05) is 24.6 Å². The van der Waals surface area contributed by atoms with E-state index in [2.05, 4.69) is 9.88 Å². The number of anilines is 1. The molecule has 0 atom stereocenters. The Balaban J connectivity index is 1.67. The van der Waals surface area contributed by atoms with Gasteiger partial charge in [0.15, 0.2) is 5.13 Å². The standard InChI is InChI=1S/C17H19N3O4S/c1-2-24-16(21)12-6-8-19(9-7-12)17-18-11-15(25-17)13-4-3-5-14(10-13)20(22)23/h3-5,10-12H,2,6-9H2,1H3. The van der Waals surface area contributed by atoms with E-state index in [1.165, 1.54) is 17.4 Å². The number of ether oxygens (including phenoxy) is 1. The highest BCUT2D eigenvalue weighted by molar-refractivity contribution is 7.18. The number of nitrogens with zero attached hydrogens (tertiary/aromatic N) is 3. The lowest BCUT2D eigenvalue weighted by Gasteiger charge is -2.30. The van der Waals surface area contributed by atoms with Crippen molar-refractivity contribution in [1.82, 2.24) is 4.98 Å². The van der Waals surface area contributed by atoms with Gasteiger partial charge in [-0.1, -0.05) is 23.5 Å². The van der Waals surface area contributed by atoms with Crippen LogP contribution in [0.2, 0.25) is 0 Å². The number of hydrogen-bond donors (Lipinski definition) is 0. The third-order valence-corrected chi connectivity index (χ3v) is 5.33. The SMILES string of the molecule is CCOC(=O)C1CCN(c2ncc(-c3cccc([N+](=O)[O-])c3)s2)CC1. The van der Waals surface area contributed by atoms with E-state index in [1.807, 2.05) is 13.0 Å². The second-order valence-electron chi connectivity index (χ2n) is 5.83. The van der Waals surface area contributed by atoms with Gasteiger partial charge in [0.1, 0.15) is 0 Å². The van der Waals surface area contributed by atoms with Gasteiger partial charge < -0.3 is 9.64 Å². The monoisotopic (exact) mass is 361 g/mol. The van der Waals surface area contributed by atoms with Crippen molar-refractivity contribution in [1.29, 1.82) is 0 Å². The van der Waals surface area contributed by atoms with Crippen molar-refractivity contribution in [2.45, 2.75) is 19.8 Å². The summed E-state index contributed by atoms with van der Waals surface area (Å²) in [6.07, 6.45) is 3.26. The highest BCUT2D eigenvalue weighted by Crippen LogP contribution is 2.34. The molecular weight excluding hydrogens is 342 g/mol. The molecule has 2 aromatic rings. The van der Waals surface area contributed by atoms with Crippen molar-refractivity contribution < 1.29 is 14.5 Å². The van der Waals surface area contributed by atoms with Crippen LogP contribution in [0.1, 0.15) is 19.8 Å². The Morgan fingerprint density at radius 2 is 2.20 bits per heavy atom. The zero-order valence-corrected chi connectivity index (χ0v) is 14.7. The molecule has 1 aliphatic heterocycles. The number of esters is 1. The molecule has 132 valence electrons. The molecule has 1 fully saturated rings. The Kier molecular flexibility index (Phi) is 5.28. The molecule has 0 amide bonds. The van der Waals surface area contributed by atoms with Crippen LogP contribution in [0.5, 0.6) is 0 Å². The molecule has 0 aliphatic carbocycles. The van der Waals surface area contributed by atoms with E-state index in [-0.39, 0.29) is 17.6 Å². The molecule has 0 bridgehead atoms. The maximum atomic E-state index is 11.8. The quantitative estimate of drug-likeness (QED) is 0.460. The van der Waals surface area contributed by atoms with Gasteiger partial charge >= 0.3 is 5.97 Å². The number of carbonyl (C=O) groups is 1. The predicted molar refractivity (Wildman–Crippen MR) is 95.8 cm³/mol. The Labute approximate surface area is 149 Å². The maximum Gasteiger partial charge on any atom is 0.309 e. The first kappa shape index (κ1) is 17.3. The van der Waals surface area contributed by atoms with Gasteiger partial charge in [0.05, 0.1) is 22.3 Å². The number of piperidine rings is 1. The average molecular weight is 361 g/mol. The van der Waals surface area contributed by atoms with Crippen LogP contribution in [0.3, 0.4) is 0 Å². The Morgan fingerprint density at radius 1 is 1.44 bits per heavy atom. The second kappa shape index (κ2) is 7.60. The molecule has 3 rings (SSSR count). The smallest absolute Gasteiger partial charge is 0.309 e. The van der Waals surface area contributed by atoms with E-state index in [0.717, 1.165) is 41.5 Å². The minimum absolute atomic E-state index is 0.0348. The lowest BCUT2D eigenvalue weighted by atomic mass is 9.97. The molecule has 0 radical (unpaired) electrons. The van der Waals surface area contributed by atoms with Crippen LogP contribution in [-0.4, -0.2) is 35.6 Å². The molecule has 1 saturated heterocycles.